The molecule has 0 aliphatic carbocycles. The summed E-state index contributed by atoms with van der Waals surface area (Å²) in [6.45, 7) is 8.04. The van der Waals surface area contributed by atoms with Crippen LogP contribution in [0.1, 0.15) is 30.3 Å². The zero-order valence-corrected chi connectivity index (χ0v) is 20.4. The van der Waals surface area contributed by atoms with Gasteiger partial charge in [-0.15, -0.1) is 0 Å². The van der Waals surface area contributed by atoms with E-state index in [0.29, 0.717) is 41.0 Å². The Morgan fingerprint density at radius 3 is 2.55 bits per heavy atom. The number of rotatable bonds is 4. The molecule has 190 valence electrons. The van der Waals surface area contributed by atoms with E-state index in [4.69, 9.17) is 21.4 Å². The molecule has 1 atom stereocenters. The summed E-state index contributed by atoms with van der Waals surface area (Å²) < 4.78 is 35.4. The number of halogens is 2. The van der Waals surface area contributed by atoms with Gasteiger partial charge in [0, 0.05) is 17.7 Å². The van der Waals surface area contributed by atoms with Crippen LogP contribution in [0.2, 0.25) is 0 Å². The fourth-order valence-corrected chi connectivity index (χ4v) is 4.71. The maximum Gasteiger partial charge on any atom is 0.264 e. The van der Waals surface area contributed by atoms with Crippen LogP contribution in [-0.2, 0) is 0 Å². The summed E-state index contributed by atoms with van der Waals surface area (Å²) in [7, 11) is 1.16. The lowest BCUT2D eigenvalue weighted by molar-refractivity contribution is 0.350. The average molecular weight is 513 g/mol. The van der Waals surface area contributed by atoms with E-state index in [2.05, 4.69) is 22.0 Å². The van der Waals surface area contributed by atoms with Crippen molar-refractivity contribution in [3.8, 4) is 34.4 Å². The van der Waals surface area contributed by atoms with Gasteiger partial charge in [0.25, 0.3) is 5.56 Å². The van der Waals surface area contributed by atoms with Gasteiger partial charge >= 0.3 is 0 Å². The van der Waals surface area contributed by atoms with E-state index in [0.717, 1.165) is 25.7 Å². The number of aliphatic hydroxyl groups is 1. The molecule has 0 bridgehead atoms. The second kappa shape index (κ2) is 10.4. The van der Waals surface area contributed by atoms with Crippen molar-refractivity contribution in [1.29, 1.82) is 0 Å². The minimum absolute atomic E-state index is 0.0227. The minimum Gasteiger partial charge on any atom is -0.491 e. The largest absolute Gasteiger partial charge is 0.491 e. The normalized spacial score (nSPS) is 14.7. The lowest BCUT2D eigenvalue weighted by Gasteiger charge is -2.20. The van der Waals surface area contributed by atoms with Crippen molar-refractivity contribution in [2.75, 3.05) is 20.3 Å². The van der Waals surface area contributed by atoms with E-state index >= 15 is 0 Å². The Hall–Kier alpha value is -4.57. The fraction of sp³-hybridized carbons (Fsp3) is 0.207. The van der Waals surface area contributed by atoms with Crippen LogP contribution in [0.5, 0.6) is 5.75 Å². The fourth-order valence-electron chi connectivity index (χ4n) is 4.71. The third-order valence-corrected chi connectivity index (χ3v) is 6.44. The van der Waals surface area contributed by atoms with Crippen molar-refractivity contribution in [1.82, 2.24) is 14.9 Å². The SMILES string of the molecule is [C-]#[N+]c1cc(-c2ccc(C#CCO)cc2)c2nc(C3CCCN3)n(-c3cc(F)c(OC)c(F)c3)c(=O)c2c1. The molecule has 1 aliphatic heterocycles. The highest BCUT2D eigenvalue weighted by Gasteiger charge is 2.26. The molecule has 38 heavy (non-hydrogen) atoms. The van der Waals surface area contributed by atoms with Crippen molar-refractivity contribution >= 4 is 16.6 Å². The predicted octanol–water partition coefficient (Wildman–Crippen LogP) is 4.66. The Balaban J connectivity index is 1.81. The molecule has 2 N–H and O–H groups in total. The Kier molecular flexibility index (Phi) is 6.89. The third kappa shape index (κ3) is 4.50. The number of ether oxygens (including phenoxy) is 1. The minimum atomic E-state index is -0.945. The molecule has 1 saturated heterocycles. The molecule has 0 spiro atoms. The molecule has 5 rings (SSSR count). The monoisotopic (exact) mass is 512 g/mol. The number of nitrogens with zero attached hydrogens (tertiary/aromatic N) is 3. The molecule has 0 amide bonds. The van der Waals surface area contributed by atoms with E-state index in [1.165, 1.54) is 10.6 Å². The van der Waals surface area contributed by atoms with E-state index in [1.54, 1.807) is 30.3 Å². The van der Waals surface area contributed by atoms with Gasteiger partial charge in [-0.1, -0.05) is 24.0 Å². The van der Waals surface area contributed by atoms with Crippen LogP contribution in [0.4, 0.5) is 14.5 Å². The number of methoxy groups -OCH3 is 1. The molecular weight excluding hydrogens is 490 g/mol. The van der Waals surface area contributed by atoms with Crippen molar-refractivity contribution in [3.05, 3.63) is 93.3 Å². The lowest BCUT2D eigenvalue weighted by Crippen LogP contribution is -2.29. The zero-order valence-electron chi connectivity index (χ0n) is 20.4. The summed E-state index contributed by atoms with van der Waals surface area (Å²) in [5.41, 5.74) is 2.03. The molecule has 1 aliphatic rings. The highest BCUT2D eigenvalue weighted by molar-refractivity contribution is 5.96. The quantitative estimate of drug-likeness (QED) is 0.307. The summed E-state index contributed by atoms with van der Waals surface area (Å²) in [4.78, 5) is 22.4. The summed E-state index contributed by atoms with van der Waals surface area (Å²) >= 11 is 0. The number of fused-ring (bicyclic) bond motifs is 1. The Labute approximate surface area is 217 Å². The number of hydrogen-bond donors (Lipinski definition) is 2. The smallest absolute Gasteiger partial charge is 0.264 e. The highest BCUT2D eigenvalue weighted by atomic mass is 19.1. The molecule has 0 radical (unpaired) electrons. The van der Waals surface area contributed by atoms with Crippen LogP contribution in [-0.4, -0.2) is 34.9 Å². The first kappa shape index (κ1) is 25.1. The number of aromatic nitrogens is 2. The van der Waals surface area contributed by atoms with E-state index in [9.17, 15) is 13.6 Å². The Morgan fingerprint density at radius 2 is 1.95 bits per heavy atom. The number of aliphatic hydroxyl groups excluding tert-OH is 1. The molecule has 4 aromatic rings. The Morgan fingerprint density at radius 1 is 1.21 bits per heavy atom. The predicted molar refractivity (Wildman–Crippen MR) is 139 cm³/mol. The average Bonchev–Trinajstić information content (AvgIpc) is 3.46. The first-order chi connectivity index (χ1) is 18.4. The standard InChI is InChI=1S/C29H22F2N4O3/c1-32-19-13-21(18-9-7-17(8-10-18)5-4-12-36)26-22(14-19)29(37)35(28(34-26)25-6-3-11-33-25)20-15-23(30)27(38-2)24(31)16-20/h7-10,13-16,25,33,36H,3,6,11-12H2,2H3. The summed E-state index contributed by atoms with van der Waals surface area (Å²) in [6.07, 6.45) is 1.54. The number of hydrogen-bond acceptors (Lipinski definition) is 5. The Bertz CT molecular complexity index is 1680. The first-order valence-corrected chi connectivity index (χ1v) is 11.9. The van der Waals surface area contributed by atoms with Crippen LogP contribution in [0, 0.1) is 30.0 Å². The van der Waals surface area contributed by atoms with Gasteiger partial charge in [0.05, 0.1) is 36.3 Å². The molecule has 9 heteroatoms. The van der Waals surface area contributed by atoms with Gasteiger partial charge in [-0.3, -0.25) is 9.36 Å². The van der Waals surface area contributed by atoms with Crippen molar-refractivity contribution in [2.45, 2.75) is 18.9 Å². The van der Waals surface area contributed by atoms with E-state index in [-0.39, 0.29) is 29.4 Å². The van der Waals surface area contributed by atoms with Crippen molar-refractivity contribution < 1.29 is 18.6 Å². The van der Waals surface area contributed by atoms with Gasteiger partial charge in [0.2, 0.25) is 0 Å². The van der Waals surface area contributed by atoms with Crippen molar-refractivity contribution in [3.63, 3.8) is 0 Å². The zero-order chi connectivity index (χ0) is 26.8. The third-order valence-electron chi connectivity index (χ3n) is 6.44. The molecule has 0 saturated carbocycles. The van der Waals surface area contributed by atoms with Crippen LogP contribution < -0.4 is 15.6 Å². The molecule has 1 unspecified atom stereocenters. The van der Waals surface area contributed by atoms with Crippen molar-refractivity contribution in [2.24, 2.45) is 0 Å². The topological polar surface area (TPSA) is 80.7 Å². The highest BCUT2D eigenvalue weighted by Crippen LogP contribution is 2.34. The second-order valence-electron chi connectivity index (χ2n) is 8.74. The van der Waals surface area contributed by atoms with Crippen LogP contribution in [0.25, 0.3) is 32.6 Å². The summed E-state index contributed by atoms with van der Waals surface area (Å²) in [5, 5.41) is 12.4. The summed E-state index contributed by atoms with van der Waals surface area (Å²) in [5.74, 6) is 3.33. The van der Waals surface area contributed by atoms with Crippen LogP contribution in [0.3, 0.4) is 0 Å². The molecule has 2 heterocycles. The second-order valence-corrected chi connectivity index (χ2v) is 8.74. The molecular formula is C29H22F2N4O3. The first-order valence-electron chi connectivity index (χ1n) is 11.9. The lowest BCUT2D eigenvalue weighted by atomic mass is 10.00. The van der Waals surface area contributed by atoms with Crippen LogP contribution >= 0.6 is 0 Å². The maximum atomic E-state index is 14.7. The molecule has 7 nitrogen and oxygen atoms in total. The van der Waals surface area contributed by atoms with E-state index < -0.39 is 22.9 Å². The van der Waals surface area contributed by atoms with Gasteiger partial charge in [-0.25, -0.2) is 18.6 Å². The maximum absolute atomic E-state index is 14.7. The number of nitrogens with one attached hydrogen (secondary N) is 1. The van der Waals surface area contributed by atoms with Gasteiger partial charge in [0.1, 0.15) is 12.4 Å². The van der Waals surface area contributed by atoms with Crippen LogP contribution in [0.15, 0.2) is 53.3 Å². The van der Waals surface area contributed by atoms with E-state index in [1.807, 2.05) is 0 Å². The molecule has 1 aromatic heterocycles. The van der Waals surface area contributed by atoms with Gasteiger partial charge < -0.3 is 15.2 Å². The molecule has 3 aromatic carbocycles. The number of benzene rings is 3. The summed E-state index contributed by atoms with van der Waals surface area (Å²) in [6, 6.07) is 12.0. The van der Waals surface area contributed by atoms with Gasteiger partial charge in [0.15, 0.2) is 23.1 Å². The van der Waals surface area contributed by atoms with Gasteiger partial charge in [-0.2, -0.15) is 0 Å². The molecule has 1 fully saturated rings. The van der Waals surface area contributed by atoms with Gasteiger partial charge in [-0.05, 0) is 54.8 Å².